The molecule has 0 spiro atoms. The van der Waals surface area contributed by atoms with Gasteiger partial charge in [0.25, 0.3) is 0 Å². The van der Waals surface area contributed by atoms with Crippen molar-refractivity contribution in [1.82, 2.24) is 34.7 Å². The number of carbonyl (C=O) groups is 3. The molecule has 5 rings (SSSR count). The SMILES string of the molecule is CCOC(=O)Nc1nc2c(-c3ncccn3)cc(-c3ccc(CN4CCN(C(=O)CCC(=O)O)CC4)nc3)cc2[nH]1. The number of aromatic nitrogens is 5. The van der Waals surface area contributed by atoms with Crippen LogP contribution in [0, 0.1) is 0 Å². The molecule has 13 nitrogen and oxygen atoms in total. The van der Waals surface area contributed by atoms with Gasteiger partial charge in [-0.25, -0.2) is 19.7 Å². The van der Waals surface area contributed by atoms with Gasteiger partial charge >= 0.3 is 12.1 Å². The van der Waals surface area contributed by atoms with Crippen molar-refractivity contribution in [2.75, 3.05) is 38.1 Å². The third-order valence-corrected chi connectivity index (χ3v) is 6.71. The van der Waals surface area contributed by atoms with Crippen LogP contribution in [0.15, 0.2) is 48.9 Å². The smallest absolute Gasteiger partial charge is 0.413 e. The van der Waals surface area contributed by atoms with Crippen LogP contribution in [0.3, 0.4) is 0 Å². The molecule has 0 bridgehead atoms. The van der Waals surface area contributed by atoms with E-state index >= 15 is 0 Å². The van der Waals surface area contributed by atoms with Gasteiger partial charge in [0.2, 0.25) is 11.9 Å². The molecule has 0 atom stereocenters. The van der Waals surface area contributed by atoms with Gasteiger partial charge in [0.15, 0.2) is 5.82 Å². The van der Waals surface area contributed by atoms with Crippen molar-refractivity contribution in [2.45, 2.75) is 26.3 Å². The normalized spacial score (nSPS) is 13.7. The maximum absolute atomic E-state index is 12.2. The molecular formula is C28H30N8O5. The van der Waals surface area contributed by atoms with E-state index in [9.17, 15) is 14.4 Å². The minimum Gasteiger partial charge on any atom is -0.481 e. The summed E-state index contributed by atoms with van der Waals surface area (Å²) in [6.45, 7) is 5.14. The van der Waals surface area contributed by atoms with Crippen molar-refractivity contribution in [2.24, 2.45) is 0 Å². The number of hydrogen-bond acceptors (Lipinski definition) is 9. The van der Waals surface area contributed by atoms with Gasteiger partial charge in [0, 0.05) is 68.9 Å². The fourth-order valence-electron chi connectivity index (χ4n) is 4.66. The molecule has 4 aromatic rings. The van der Waals surface area contributed by atoms with Crippen molar-refractivity contribution < 1.29 is 24.2 Å². The van der Waals surface area contributed by atoms with Gasteiger partial charge in [-0.1, -0.05) is 6.07 Å². The van der Waals surface area contributed by atoms with Crippen LogP contribution < -0.4 is 5.32 Å². The fraction of sp³-hybridized carbons (Fsp3) is 0.321. The Hall–Kier alpha value is -4.91. The number of aromatic amines is 1. The molecule has 1 aliphatic heterocycles. The lowest BCUT2D eigenvalue weighted by molar-refractivity contribution is -0.141. The molecule has 1 saturated heterocycles. The first-order chi connectivity index (χ1) is 19.9. The van der Waals surface area contributed by atoms with Crippen LogP contribution in [-0.2, 0) is 20.9 Å². The molecule has 41 heavy (non-hydrogen) atoms. The number of carboxylic acid groups (broad SMARTS) is 1. The van der Waals surface area contributed by atoms with Crippen molar-refractivity contribution in [3.8, 4) is 22.5 Å². The van der Waals surface area contributed by atoms with Crippen LogP contribution >= 0.6 is 0 Å². The maximum Gasteiger partial charge on any atom is 0.413 e. The summed E-state index contributed by atoms with van der Waals surface area (Å²) in [6, 6.07) is 9.59. The number of nitrogens with zero attached hydrogens (tertiary/aromatic N) is 6. The number of rotatable bonds is 9. The van der Waals surface area contributed by atoms with Crippen LogP contribution in [0.5, 0.6) is 0 Å². The third-order valence-electron chi connectivity index (χ3n) is 6.71. The van der Waals surface area contributed by atoms with E-state index < -0.39 is 12.1 Å². The topological polar surface area (TPSA) is 167 Å². The highest BCUT2D eigenvalue weighted by Gasteiger charge is 2.22. The second-order valence-corrected chi connectivity index (χ2v) is 9.51. The van der Waals surface area contributed by atoms with E-state index in [-0.39, 0.29) is 31.3 Å². The maximum atomic E-state index is 12.2. The molecule has 2 amide bonds. The summed E-state index contributed by atoms with van der Waals surface area (Å²) in [5.41, 5.74) is 4.66. The molecule has 212 valence electrons. The zero-order valence-electron chi connectivity index (χ0n) is 22.5. The second-order valence-electron chi connectivity index (χ2n) is 9.51. The van der Waals surface area contributed by atoms with Crippen LogP contribution in [0.1, 0.15) is 25.5 Å². The molecule has 0 unspecified atom stereocenters. The van der Waals surface area contributed by atoms with Gasteiger partial charge < -0.3 is 19.7 Å². The largest absolute Gasteiger partial charge is 0.481 e. The number of carboxylic acids is 1. The number of nitrogens with one attached hydrogen (secondary N) is 2. The number of H-pyrrole nitrogens is 1. The van der Waals surface area contributed by atoms with Gasteiger partial charge in [-0.3, -0.25) is 24.8 Å². The summed E-state index contributed by atoms with van der Waals surface area (Å²) in [4.78, 5) is 60.0. The zero-order chi connectivity index (χ0) is 28.8. The van der Waals surface area contributed by atoms with E-state index in [4.69, 9.17) is 9.84 Å². The Balaban J connectivity index is 1.31. The molecule has 1 aromatic carbocycles. The number of amides is 2. The van der Waals surface area contributed by atoms with Gasteiger partial charge in [0.05, 0.1) is 24.2 Å². The summed E-state index contributed by atoms with van der Waals surface area (Å²) < 4.78 is 4.97. The summed E-state index contributed by atoms with van der Waals surface area (Å²) in [5.74, 6) is -0.326. The first-order valence-electron chi connectivity index (χ1n) is 13.3. The quantitative estimate of drug-likeness (QED) is 0.278. The van der Waals surface area contributed by atoms with Gasteiger partial charge in [0.1, 0.15) is 5.52 Å². The number of hydrogen-bond donors (Lipinski definition) is 3. The number of imidazole rings is 1. The standard InChI is InChI=1S/C28H30N8O5/c1-2-41-28(40)34-27-32-22-15-19(14-21(25(22)33-27)26-29-8-3-9-30-26)18-4-5-20(31-16-18)17-35-10-12-36(13-11-35)23(37)6-7-24(38)39/h3-5,8-9,14-16H,2,6-7,10-13,17H2,1H3,(H,38,39)(H2,32,33,34,40). The minimum atomic E-state index is -0.962. The number of piperazine rings is 1. The predicted molar refractivity (Wildman–Crippen MR) is 150 cm³/mol. The Morgan fingerprint density at radius 2 is 1.80 bits per heavy atom. The lowest BCUT2D eigenvalue weighted by atomic mass is 10.0. The van der Waals surface area contributed by atoms with E-state index in [2.05, 4.69) is 35.1 Å². The highest BCUT2D eigenvalue weighted by Crippen LogP contribution is 2.32. The lowest BCUT2D eigenvalue weighted by Gasteiger charge is -2.34. The Kier molecular flexibility index (Phi) is 8.44. The number of carbonyl (C=O) groups excluding carboxylic acids is 2. The molecule has 1 fully saturated rings. The fourth-order valence-corrected chi connectivity index (χ4v) is 4.66. The number of pyridine rings is 1. The van der Waals surface area contributed by atoms with Crippen molar-refractivity contribution >= 4 is 35.0 Å². The van der Waals surface area contributed by atoms with Crippen LogP contribution in [0.4, 0.5) is 10.7 Å². The van der Waals surface area contributed by atoms with Crippen molar-refractivity contribution in [1.29, 1.82) is 0 Å². The average Bonchev–Trinajstić information content (AvgIpc) is 3.39. The van der Waals surface area contributed by atoms with Crippen LogP contribution in [0.25, 0.3) is 33.5 Å². The monoisotopic (exact) mass is 558 g/mol. The molecule has 0 radical (unpaired) electrons. The molecule has 1 aliphatic rings. The summed E-state index contributed by atoms with van der Waals surface area (Å²) in [7, 11) is 0. The van der Waals surface area contributed by atoms with E-state index in [1.54, 1.807) is 30.3 Å². The minimum absolute atomic E-state index is 0.0318. The summed E-state index contributed by atoms with van der Waals surface area (Å²) >= 11 is 0. The Bertz CT molecular complexity index is 1530. The zero-order valence-corrected chi connectivity index (χ0v) is 22.5. The number of fused-ring (bicyclic) bond motifs is 1. The van der Waals surface area contributed by atoms with E-state index in [0.29, 0.717) is 55.1 Å². The second kappa shape index (κ2) is 12.5. The molecule has 3 N–H and O–H groups in total. The summed E-state index contributed by atoms with van der Waals surface area (Å²) in [6.07, 6.45) is 4.42. The van der Waals surface area contributed by atoms with E-state index in [1.165, 1.54) is 0 Å². The van der Waals surface area contributed by atoms with Crippen molar-refractivity contribution in [3.05, 3.63) is 54.6 Å². The Labute approximate surface area is 235 Å². The molecule has 3 aromatic heterocycles. The van der Waals surface area contributed by atoms with E-state index in [1.807, 2.05) is 30.5 Å². The molecule has 0 aliphatic carbocycles. The van der Waals surface area contributed by atoms with Crippen LogP contribution in [0.2, 0.25) is 0 Å². The number of benzene rings is 1. The first kappa shape index (κ1) is 27.6. The average molecular weight is 559 g/mol. The highest BCUT2D eigenvalue weighted by atomic mass is 16.5. The van der Waals surface area contributed by atoms with Gasteiger partial charge in [-0.05, 0) is 36.8 Å². The lowest BCUT2D eigenvalue weighted by Crippen LogP contribution is -2.48. The number of aliphatic carboxylic acids is 1. The molecule has 4 heterocycles. The van der Waals surface area contributed by atoms with E-state index in [0.717, 1.165) is 16.8 Å². The Morgan fingerprint density at radius 3 is 2.49 bits per heavy atom. The Morgan fingerprint density at radius 1 is 1.02 bits per heavy atom. The summed E-state index contributed by atoms with van der Waals surface area (Å²) in [5, 5.41) is 11.4. The predicted octanol–water partition coefficient (Wildman–Crippen LogP) is 3.16. The van der Waals surface area contributed by atoms with Gasteiger partial charge in [-0.15, -0.1) is 0 Å². The molecular weight excluding hydrogens is 528 g/mol. The highest BCUT2D eigenvalue weighted by molar-refractivity contribution is 5.96. The molecule has 0 saturated carbocycles. The number of anilines is 1. The first-order valence-corrected chi connectivity index (χ1v) is 13.3. The van der Waals surface area contributed by atoms with Crippen LogP contribution in [-0.4, -0.2) is 90.6 Å². The molecule has 13 heteroatoms. The van der Waals surface area contributed by atoms with Gasteiger partial charge in [-0.2, -0.15) is 0 Å². The third kappa shape index (κ3) is 6.81. The number of ether oxygens (including phenoxy) is 1. The van der Waals surface area contributed by atoms with Crippen molar-refractivity contribution in [3.63, 3.8) is 0 Å².